The van der Waals surface area contributed by atoms with Crippen molar-refractivity contribution in [3.63, 3.8) is 0 Å². The first-order valence-electron chi connectivity index (χ1n) is 14.7. The summed E-state index contributed by atoms with van der Waals surface area (Å²) >= 11 is 0. The second kappa shape index (κ2) is 10.8. The largest absolute Gasteiger partial charge is 0.462 e. The molecular weight excluding hydrogens is 512 g/mol. The van der Waals surface area contributed by atoms with Gasteiger partial charge in [0.25, 0.3) is 0 Å². The SMILES string of the molecule is [C-]#[N+]c1c(CC(=O)OC2C(C(C)(C)C)CC(C)CC2C(C)(C)C)c2nc(-c3ccc(C(C)(C)C)cc3)[nH]n2c1C=O. The van der Waals surface area contributed by atoms with Crippen LogP contribution in [0.5, 0.6) is 0 Å². The first-order valence-corrected chi connectivity index (χ1v) is 14.7. The Morgan fingerprint density at radius 1 is 1.05 bits per heavy atom. The van der Waals surface area contributed by atoms with Gasteiger partial charge in [0, 0.05) is 23.0 Å². The maximum Gasteiger partial charge on any atom is 0.309 e. The van der Waals surface area contributed by atoms with E-state index in [9.17, 15) is 9.59 Å². The highest BCUT2D eigenvalue weighted by Gasteiger charge is 2.48. The molecule has 1 aliphatic rings. The van der Waals surface area contributed by atoms with Crippen molar-refractivity contribution in [3.8, 4) is 11.4 Å². The normalized spacial score (nSPS) is 22.0. The highest BCUT2D eigenvalue weighted by atomic mass is 16.5. The number of ether oxygens (including phenoxy) is 1. The maximum absolute atomic E-state index is 13.7. The average Bonchev–Trinajstić information content (AvgIpc) is 3.40. The molecule has 2 atom stereocenters. The standard InChI is InChI=1S/C34H46N4O3/c1-20-16-24(33(5,6)7)29(25(17-20)34(8,9)10)41-27(40)18-23-28(35-11)26(19-39)38-31(23)36-30(37-38)21-12-14-22(15-13-21)32(2,3)4/h12-15,19-20,24-25,29H,16-18H2,1-10H3,(H,36,37). The zero-order chi connectivity index (χ0) is 30.5. The molecule has 3 aromatic rings. The van der Waals surface area contributed by atoms with Crippen molar-refractivity contribution < 1.29 is 14.3 Å². The lowest BCUT2D eigenvalue weighted by atomic mass is 9.59. The molecule has 4 rings (SSSR count). The van der Waals surface area contributed by atoms with Gasteiger partial charge in [-0.05, 0) is 40.6 Å². The highest BCUT2D eigenvalue weighted by Crippen LogP contribution is 2.49. The van der Waals surface area contributed by atoms with Crippen molar-refractivity contribution in [2.75, 3.05) is 0 Å². The summed E-state index contributed by atoms with van der Waals surface area (Å²) in [6, 6.07) is 8.12. The van der Waals surface area contributed by atoms with Crippen molar-refractivity contribution >= 4 is 23.6 Å². The van der Waals surface area contributed by atoms with Gasteiger partial charge in [0.05, 0.1) is 13.0 Å². The Labute approximate surface area is 244 Å². The number of H-pyrrole nitrogens is 1. The van der Waals surface area contributed by atoms with Gasteiger partial charge in [-0.2, -0.15) is 0 Å². The summed E-state index contributed by atoms with van der Waals surface area (Å²) in [5, 5.41) is 3.18. The number of esters is 1. The number of nitrogens with one attached hydrogen (secondary N) is 1. The Kier molecular flexibility index (Phi) is 8.03. The predicted molar refractivity (Wildman–Crippen MR) is 163 cm³/mol. The number of hydrogen-bond donors (Lipinski definition) is 1. The van der Waals surface area contributed by atoms with Crippen LogP contribution in [0, 0.1) is 35.2 Å². The molecule has 7 heteroatoms. The van der Waals surface area contributed by atoms with Crippen LogP contribution in [-0.4, -0.2) is 33.0 Å². The van der Waals surface area contributed by atoms with Gasteiger partial charge in [-0.15, -0.1) is 0 Å². The molecule has 2 heterocycles. The number of nitrogens with zero attached hydrogens (tertiary/aromatic N) is 3. The molecule has 0 saturated heterocycles. The van der Waals surface area contributed by atoms with Crippen LogP contribution in [0.2, 0.25) is 0 Å². The van der Waals surface area contributed by atoms with Crippen LogP contribution in [0.3, 0.4) is 0 Å². The van der Waals surface area contributed by atoms with E-state index >= 15 is 0 Å². The van der Waals surface area contributed by atoms with E-state index in [4.69, 9.17) is 16.3 Å². The van der Waals surface area contributed by atoms with Gasteiger partial charge >= 0.3 is 5.97 Å². The minimum absolute atomic E-state index is 0.0197. The van der Waals surface area contributed by atoms with Gasteiger partial charge in [-0.3, -0.25) is 14.7 Å². The third-order valence-corrected chi connectivity index (χ3v) is 8.85. The zero-order valence-electron chi connectivity index (χ0n) is 26.4. The number of aldehydes is 1. The monoisotopic (exact) mass is 558 g/mol. The molecular formula is C34H46N4O3. The summed E-state index contributed by atoms with van der Waals surface area (Å²) < 4.78 is 7.89. The van der Waals surface area contributed by atoms with Gasteiger partial charge in [0.1, 0.15) is 17.4 Å². The molecule has 1 saturated carbocycles. The molecule has 41 heavy (non-hydrogen) atoms. The molecule has 220 valence electrons. The number of rotatable bonds is 5. The van der Waals surface area contributed by atoms with Crippen molar-refractivity contribution in [2.45, 2.75) is 100 Å². The molecule has 1 N–H and O–H groups in total. The lowest BCUT2D eigenvalue weighted by Crippen LogP contribution is -2.49. The molecule has 7 nitrogen and oxygen atoms in total. The average molecular weight is 559 g/mol. The third-order valence-electron chi connectivity index (χ3n) is 8.85. The Bertz CT molecular complexity index is 1440. The molecule has 1 fully saturated rings. The fourth-order valence-electron chi connectivity index (χ4n) is 6.44. The Morgan fingerprint density at radius 3 is 2.07 bits per heavy atom. The van der Waals surface area contributed by atoms with E-state index in [0.29, 0.717) is 29.2 Å². The van der Waals surface area contributed by atoms with Gasteiger partial charge < -0.3 is 4.74 Å². The molecule has 0 amide bonds. The van der Waals surface area contributed by atoms with Gasteiger partial charge in [0.2, 0.25) is 5.69 Å². The molecule has 0 spiro atoms. The summed E-state index contributed by atoms with van der Waals surface area (Å²) in [6.07, 6.45) is 2.30. The van der Waals surface area contributed by atoms with Crippen LogP contribution in [0.25, 0.3) is 21.9 Å². The van der Waals surface area contributed by atoms with E-state index in [2.05, 4.69) is 91.3 Å². The van der Waals surface area contributed by atoms with Crippen molar-refractivity contribution in [1.29, 1.82) is 0 Å². The Hall–Kier alpha value is -3.40. The minimum Gasteiger partial charge on any atom is -0.462 e. The van der Waals surface area contributed by atoms with Gasteiger partial charge in [-0.25, -0.2) is 14.3 Å². The number of aromatic amines is 1. The number of carbonyl (C=O) groups is 2. The Morgan fingerprint density at radius 2 is 1.61 bits per heavy atom. The predicted octanol–water partition coefficient (Wildman–Crippen LogP) is 8.20. The van der Waals surface area contributed by atoms with E-state index in [1.165, 1.54) is 10.1 Å². The van der Waals surface area contributed by atoms with Gasteiger partial charge in [0.15, 0.2) is 12.1 Å². The molecule has 1 aliphatic carbocycles. The van der Waals surface area contributed by atoms with E-state index in [-0.39, 0.29) is 58.0 Å². The van der Waals surface area contributed by atoms with Crippen LogP contribution >= 0.6 is 0 Å². The van der Waals surface area contributed by atoms with Crippen LogP contribution in [-0.2, 0) is 21.4 Å². The lowest BCUT2D eigenvalue weighted by Gasteiger charge is -2.50. The molecule has 1 aromatic carbocycles. The first-order chi connectivity index (χ1) is 19.0. The van der Waals surface area contributed by atoms with Crippen molar-refractivity contribution in [3.05, 3.63) is 52.5 Å². The summed E-state index contributed by atoms with van der Waals surface area (Å²) in [7, 11) is 0. The summed E-state index contributed by atoms with van der Waals surface area (Å²) in [5.41, 5.74) is 3.14. The number of benzene rings is 1. The second-order valence-electron chi connectivity index (χ2n) is 15.2. The molecule has 0 aliphatic heterocycles. The lowest BCUT2D eigenvalue weighted by molar-refractivity contribution is -0.168. The van der Waals surface area contributed by atoms with Crippen molar-refractivity contribution in [1.82, 2.24) is 14.6 Å². The fraction of sp³-hybridized carbons (Fsp3) is 0.588. The molecule has 2 unspecified atom stereocenters. The topological polar surface area (TPSA) is 80.8 Å². The first kappa shape index (κ1) is 30.6. The van der Waals surface area contributed by atoms with Gasteiger partial charge in [-0.1, -0.05) is 93.5 Å². The van der Waals surface area contributed by atoms with E-state index in [0.717, 1.165) is 18.4 Å². The fourth-order valence-corrected chi connectivity index (χ4v) is 6.44. The summed E-state index contributed by atoms with van der Waals surface area (Å²) in [4.78, 5) is 34.2. The third kappa shape index (κ3) is 6.12. The Balaban J connectivity index is 1.70. The van der Waals surface area contributed by atoms with Crippen LogP contribution in [0.15, 0.2) is 24.3 Å². The number of hydrogen-bond acceptors (Lipinski definition) is 4. The van der Waals surface area contributed by atoms with Crippen LogP contribution in [0.4, 0.5) is 5.69 Å². The van der Waals surface area contributed by atoms with Crippen LogP contribution < -0.4 is 0 Å². The van der Waals surface area contributed by atoms with Crippen LogP contribution in [0.1, 0.15) is 104 Å². The highest BCUT2D eigenvalue weighted by molar-refractivity contribution is 5.92. The van der Waals surface area contributed by atoms with E-state index in [1.807, 2.05) is 12.1 Å². The zero-order valence-corrected chi connectivity index (χ0v) is 26.4. The smallest absolute Gasteiger partial charge is 0.309 e. The molecule has 0 radical (unpaired) electrons. The van der Waals surface area contributed by atoms with E-state index < -0.39 is 0 Å². The number of carbonyl (C=O) groups excluding carboxylic acids is 2. The second-order valence-corrected chi connectivity index (χ2v) is 15.2. The van der Waals surface area contributed by atoms with E-state index in [1.54, 1.807) is 0 Å². The summed E-state index contributed by atoms with van der Waals surface area (Å²) in [6.45, 7) is 29.9. The van der Waals surface area contributed by atoms with Crippen molar-refractivity contribution in [2.24, 2.45) is 28.6 Å². The minimum atomic E-state index is -0.387. The molecule has 0 bridgehead atoms. The number of fused-ring (bicyclic) bond motifs is 1. The molecule has 2 aromatic heterocycles. The summed E-state index contributed by atoms with van der Waals surface area (Å²) in [5.74, 6) is 1.16. The number of aromatic nitrogens is 3. The maximum atomic E-state index is 13.7. The quantitative estimate of drug-likeness (QED) is 0.194.